The van der Waals surface area contributed by atoms with E-state index in [2.05, 4.69) is 5.16 Å². The third-order valence-electron chi connectivity index (χ3n) is 1.99. The van der Waals surface area contributed by atoms with Gasteiger partial charge in [0.25, 0.3) is 0 Å². The van der Waals surface area contributed by atoms with E-state index in [-0.39, 0.29) is 5.88 Å². The van der Waals surface area contributed by atoms with Crippen molar-refractivity contribution in [2.24, 2.45) is 5.16 Å². The molecule has 4 nitrogen and oxygen atoms in total. The van der Waals surface area contributed by atoms with Crippen LogP contribution in [0, 0.1) is 5.41 Å². The summed E-state index contributed by atoms with van der Waals surface area (Å²) in [5.74, 6) is 0.708. The summed E-state index contributed by atoms with van der Waals surface area (Å²) in [6.45, 7) is 1.48. The van der Waals surface area contributed by atoms with E-state index in [1.807, 2.05) is 4.90 Å². The Morgan fingerprint density at radius 1 is 1.58 bits per heavy atom. The molecule has 0 aromatic carbocycles. The van der Waals surface area contributed by atoms with Gasteiger partial charge in [-0.1, -0.05) is 5.16 Å². The van der Waals surface area contributed by atoms with Crippen molar-refractivity contribution in [3.63, 3.8) is 0 Å². The highest BCUT2D eigenvalue weighted by Crippen LogP contribution is 2.07. The summed E-state index contributed by atoms with van der Waals surface area (Å²) in [4.78, 5) is 1.90. The molecule has 0 unspecified atom stereocenters. The molecule has 1 rings (SSSR count). The Hall–Kier alpha value is -0.770. The van der Waals surface area contributed by atoms with Gasteiger partial charge in [-0.3, -0.25) is 5.41 Å². The van der Waals surface area contributed by atoms with Crippen molar-refractivity contribution in [3.05, 3.63) is 0 Å². The Kier molecular flexibility index (Phi) is 3.34. The monoisotopic (exact) mass is 189 g/mol. The van der Waals surface area contributed by atoms with E-state index in [0.717, 1.165) is 31.6 Å². The van der Waals surface area contributed by atoms with Gasteiger partial charge in [0.2, 0.25) is 0 Å². The fraction of sp³-hybridized carbons (Fsp3) is 0.714. The summed E-state index contributed by atoms with van der Waals surface area (Å²) in [6.07, 6.45) is 1.46. The maximum absolute atomic E-state index is 8.46. The zero-order valence-corrected chi connectivity index (χ0v) is 7.51. The molecular formula is C7H12ClN3O. The fourth-order valence-corrected chi connectivity index (χ4v) is 1.39. The number of hydrogen-bond donors (Lipinski definition) is 2. The molecule has 0 amide bonds. The van der Waals surface area contributed by atoms with Crippen LogP contribution in [0.2, 0.25) is 0 Å². The molecule has 0 radical (unpaired) electrons. The Labute approximate surface area is 76.3 Å². The van der Waals surface area contributed by atoms with Crippen LogP contribution in [0.1, 0.15) is 12.8 Å². The molecule has 5 heteroatoms. The van der Waals surface area contributed by atoms with Crippen LogP contribution in [0.25, 0.3) is 0 Å². The van der Waals surface area contributed by atoms with E-state index in [1.165, 1.54) is 0 Å². The van der Waals surface area contributed by atoms with Crippen molar-refractivity contribution in [1.82, 2.24) is 4.90 Å². The normalized spacial score (nSPS) is 17.8. The van der Waals surface area contributed by atoms with Gasteiger partial charge in [0.1, 0.15) is 5.84 Å². The lowest BCUT2D eigenvalue weighted by atomic mass is 10.1. The molecule has 0 aromatic rings. The number of amidine groups is 1. The van der Waals surface area contributed by atoms with Crippen LogP contribution < -0.4 is 0 Å². The van der Waals surface area contributed by atoms with E-state index in [1.54, 1.807) is 0 Å². The van der Waals surface area contributed by atoms with Crippen molar-refractivity contribution < 1.29 is 5.21 Å². The van der Waals surface area contributed by atoms with Crippen LogP contribution in [0.15, 0.2) is 5.16 Å². The first-order valence-corrected chi connectivity index (χ1v) is 4.39. The zero-order valence-electron chi connectivity index (χ0n) is 6.76. The number of oxime groups is 1. The number of hydrogen-bond acceptors (Lipinski definition) is 3. The molecule has 1 fully saturated rings. The molecule has 0 bridgehead atoms. The van der Waals surface area contributed by atoms with Gasteiger partial charge < -0.3 is 10.1 Å². The number of halogens is 1. The summed E-state index contributed by atoms with van der Waals surface area (Å²) < 4.78 is 0. The number of piperidine rings is 1. The summed E-state index contributed by atoms with van der Waals surface area (Å²) >= 11 is 5.51. The lowest BCUT2D eigenvalue weighted by molar-refractivity contribution is 0.309. The van der Waals surface area contributed by atoms with E-state index in [9.17, 15) is 0 Å². The second kappa shape index (κ2) is 4.30. The maximum Gasteiger partial charge on any atom is 0.111 e. The number of rotatable bonds is 1. The van der Waals surface area contributed by atoms with Crippen molar-refractivity contribution in [2.75, 3.05) is 19.0 Å². The SMILES string of the molecule is N=C(CCl)N1CCC(=NO)CC1. The molecule has 1 heterocycles. The van der Waals surface area contributed by atoms with Gasteiger partial charge in [0.05, 0.1) is 11.6 Å². The Morgan fingerprint density at radius 2 is 2.17 bits per heavy atom. The number of likely N-dealkylation sites (tertiary alicyclic amines) is 1. The number of nitrogens with zero attached hydrogens (tertiary/aromatic N) is 2. The van der Waals surface area contributed by atoms with E-state index in [0.29, 0.717) is 5.84 Å². The van der Waals surface area contributed by atoms with E-state index >= 15 is 0 Å². The molecule has 1 saturated heterocycles. The third-order valence-corrected chi connectivity index (χ3v) is 2.24. The molecule has 0 aromatic heterocycles. The van der Waals surface area contributed by atoms with Crippen molar-refractivity contribution >= 4 is 23.1 Å². The minimum absolute atomic E-state index is 0.256. The fourth-order valence-electron chi connectivity index (χ4n) is 1.22. The summed E-state index contributed by atoms with van der Waals surface area (Å²) in [5.41, 5.74) is 0.814. The van der Waals surface area contributed by atoms with Gasteiger partial charge in [-0.05, 0) is 0 Å². The molecule has 0 spiro atoms. The highest BCUT2D eigenvalue weighted by molar-refractivity contribution is 6.27. The minimum atomic E-state index is 0.256. The van der Waals surface area contributed by atoms with Crippen LogP contribution >= 0.6 is 11.6 Å². The van der Waals surface area contributed by atoms with Gasteiger partial charge in [0.15, 0.2) is 0 Å². The minimum Gasteiger partial charge on any atom is -0.411 e. The second-order valence-corrected chi connectivity index (χ2v) is 3.00. The Morgan fingerprint density at radius 3 is 2.58 bits per heavy atom. The lowest BCUT2D eigenvalue weighted by Crippen LogP contribution is -2.38. The number of alkyl halides is 1. The van der Waals surface area contributed by atoms with Crippen molar-refractivity contribution in [1.29, 1.82) is 5.41 Å². The number of nitrogens with one attached hydrogen (secondary N) is 1. The topological polar surface area (TPSA) is 59.7 Å². The van der Waals surface area contributed by atoms with E-state index < -0.39 is 0 Å². The van der Waals surface area contributed by atoms with Crippen LogP contribution in [-0.2, 0) is 0 Å². The smallest absolute Gasteiger partial charge is 0.111 e. The average Bonchev–Trinajstić information content (AvgIpc) is 2.17. The first-order chi connectivity index (χ1) is 5.77. The molecule has 12 heavy (non-hydrogen) atoms. The molecule has 0 aliphatic carbocycles. The third kappa shape index (κ3) is 2.11. The van der Waals surface area contributed by atoms with Gasteiger partial charge >= 0.3 is 0 Å². The summed E-state index contributed by atoms with van der Waals surface area (Å²) in [5, 5.41) is 19.1. The quantitative estimate of drug-likeness (QED) is 0.214. The van der Waals surface area contributed by atoms with Crippen LogP contribution in [-0.4, -0.2) is 40.6 Å². The van der Waals surface area contributed by atoms with Gasteiger partial charge in [-0.25, -0.2) is 0 Å². The van der Waals surface area contributed by atoms with Gasteiger partial charge in [0, 0.05) is 25.9 Å². The van der Waals surface area contributed by atoms with Crippen molar-refractivity contribution in [3.8, 4) is 0 Å². The summed E-state index contributed by atoms with van der Waals surface area (Å²) in [7, 11) is 0. The average molecular weight is 190 g/mol. The molecule has 1 aliphatic heterocycles. The zero-order chi connectivity index (χ0) is 8.97. The standard InChI is InChI=1S/C7H12ClN3O/c8-5-7(9)11-3-1-6(10-12)2-4-11/h9,12H,1-5H2. The van der Waals surface area contributed by atoms with Crippen LogP contribution in [0.3, 0.4) is 0 Å². The Balaban J connectivity index is 2.41. The second-order valence-electron chi connectivity index (χ2n) is 2.73. The molecule has 68 valence electrons. The predicted molar refractivity (Wildman–Crippen MR) is 48.5 cm³/mol. The van der Waals surface area contributed by atoms with Crippen LogP contribution in [0.5, 0.6) is 0 Å². The summed E-state index contributed by atoms with van der Waals surface area (Å²) in [6, 6.07) is 0. The van der Waals surface area contributed by atoms with Crippen LogP contribution in [0.4, 0.5) is 0 Å². The van der Waals surface area contributed by atoms with Gasteiger partial charge in [-0.2, -0.15) is 0 Å². The first kappa shape index (κ1) is 9.32. The highest BCUT2D eigenvalue weighted by Gasteiger charge is 2.16. The molecular weight excluding hydrogens is 178 g/mol. The molecule has 1 aliphatic rings. The van der Waals surface area contributed by atoms with Gasteiger partial charge in [-0.15, -0.1) is 11.6 Å². The highest BCUT2D eigenvalue weighted by atomic mass is 35.5. The Bertz CT molecular complexity index is 195. The molecule has 0 saturated carbocycles. The predicted octanol–water partition coefficient (Wildman–Crippen LogP) is 1.13. The van der Waals surface area contributed by atoms with E-state index in [4.69, 9.17) is 22.2 Å². The van der Waals surface area contributed by atoms with Crippen molar-refractivity contribution in [2.45, 2.75) is 12.8 Å². The molecule has 0 atom stereocenters. The first-order valence-electron chi connectivity index (χ1n) is 3.86. The largest absolute Gasteiger partial charge is 0.411 e. The lowest BCUT2D eigenvalue weighted by Gasteiger charge is -2.28. The maximum atomic E-state index is 8.46. The molecule has 2 N–H and O–H groups in total.